The van der Waals surface area contributed by atoms with Crippen LogP contribution in [0.1, 0.15) is 0 Å². The average molecular weight is 455 g/mol. The van der Waals surface area contributed by atoms with Crippen molar-refractivity contribution in [3.63, 3.8) is 0 Å². The van der Waals surface area contributed by atoms with Crippen LogP contribution in [-0.2, 0) is 0 Å². The predicted octanol–water partition coefficient (Wildman–Crippen LogP) is 5.86. The number of hydrogen-bond donors (Lipinski definition) is 0. The number of halogens is 1. The van der Waals surface area contributed by atoms with Gasteiger partial charge in [-0.15, -0.1) is 0 Å². The lowest BCUT2D eigenvalue weighted by Crippen LogP contribution is -2.01. The van der Waals surface area contributed by atoms with Gasteiger partial charge >= 0.3 is 0 Å². The number of hydrogen-bond acceptors (Lipinski definition) is 7. The van der Waals surface area contributed by atoms with Gasteiger partial charge in [-0.05, 0) is 23.4 Å². The molecule has 0 N–H and O–H groups in total. The van der Waals surface area contributed by atoms with Crippen molar-refractivity contribution in [1.82, 2.24) is 29.9 Å². The summed E-state index contributed by atoms with van der Waals surface area (Å²) in [6.45, 7) is 0. The molecule has 0 fully saturated rings. The third-order valence-electron chi connectivity index (χ3n) is 4.48. The van der Waals surface area contributed by atoms with Crippen molar-refractivity contribution in [1.29, 1.82) is 0 Å². The molecule has 3 aromatic carbocycles. The molecule has 6 nitrogen and oxygen atoms in total. The molecular formula is C24H15ClN6S. The van der Waals surface area contributed by atoms with E-state index in [1.54, 1.807) is 0 Å². The van der Waals surface area contributed by atoms with Crippen molar-refractivity contribution < 1.29 is 0 Å². The Hall–Kier alpha value is -3.68. The van der Waals surface area contributed by atoms with E-state index in [0.29, 0.717) is 27.8 Å². The number of nitrogens with zero attached hydrogens (tertiary/aromatic N) is 6. The van der Waals surface area contributed by atoms with Crippen molar-refractivity contribution in [2.24, 2.45) is 0 Å². The highest BCUT2D eigenvalue weighted by molar-refractivity contribution is 7.99. The topological polar surface area (TPSA) is 77.3 Å². The molecule has 5 aromatic rings. The van der Waals surface area contributed by atoms with Gasteiger partial charge in [-0.3, -0.25) is 0 Å². The molecule has 0 atom stereocenters. The third kappa shape index (κ3) is 4.64. The van der Waals surface area contributed by atoms with Crippen molar-refractivity contribution in [3.8, 4) is 34.2 Å². The summed E-state index contributed by atoms with van der Waals surface area (Å²) >= 11 is 7.41. The second kappa shape index (κ2) is 9.21. The Balaban J connectivity index is 1.57. The van der Waals surface area contributed by atoms with E-state index in [-0.39, 0.29) is 5.28 Å². The first-order chi connectivity index (χ1) is 15.7. The van der Waals surface area contributed by atoms with Crippen LogP contribution in [0.2, 0.25) is 5.28 Å². The SMILES string of the molecule is Clc1nc(Sc2nc(-c3ccccc3)nc(-c3ccccc3)n2)nc(-c2ccccc2)n1. The highest BCUT2D eigenvalue weighted by atomic mass is 35.5. The minimum Gasteiger partial charge on any atom is -0.208 e. The molecule has 5 rings (SSSR count). The normalized spacial score (nSPS) is 10.8. The van der Waals surface area contributed by atoms with Gasteiger partial charge in [-0.25, -0.2) is 19.9 Å². The van der Waals surface area contributed by atoms with Crippen molar-refractivity contribution in [2.45, 2.75) is 10.3 Å². The van der Waals surface area contributed by atoms with Gasteiger partial charge in [0, 0.05) is 16.7 Å². The fourth-order valence-corrected chi connectivity index (χ4v) is 3.91. The minimum absolute atomic E-state index is 0.113. The standard InChI is InChI=1S/C24H15ClN6S/c25-22-27-21(18-14-8-3-9-15-18)30-24(31-22)32-23-28-19(16-10-4-1-5-11-16)26-20(29-23)17-12-6-2-7-13-17/h1-15H. The molecule has 2 heterocycles. The van der Waals surface area contributed by atoms with E-state index in [0.717, 1.165) is 16.7 Å². The Kier molecular flexibility index (Phi) is 5.83. The second-order valence-electron chi connectivity index (χ2n) is 6.68. The maximum atomic E-state index is 6.19. The fraction of sp³-hybridized carbons (Fsp3) is 0. The van der Waals surface area contributed by atoms with E-state index < -0.39 is 0 Å². The quantitative estimate of drug-likeness (QED) is 0.329. The van der Waals surface area contributed by atoms with Crippen molar-refractivity contribution in [2.75, 3.05) is 0 Å². The molecular weight excluding hydrogens is 440 g/mol. The molecule has 0 unspecified atom stereocenters. The largest absolute Gasteiger partial charge is 0.226 e. The van der Waals surface area contributed by atoms with Crippen LogP contribution in [0.25, 0.3) is 34.2 Å². The van der Waals surface area contributed by atoms with Gasteiger partial charge in [0.1, 0.15) is 0 Å². The Morgan fingerprint density at radius 2 is 0.812 bits per heavy atom. The zero-order valence-corrected chi connectivity index (χ0v) is 18.2. The molecule has 0 saturated heterocycles. The summed E-state index contributed by atoms with van der Waals surface area (Å²) in [5.41, 5.74) is 2.64. The molecule has 0 amide bonds. The van der Waals surface area contributed by atoms with Crippen LogP contribution in [0.4, 0.5) is 0 Å². The maximum absolute atomic E-state index is 6.19. The van der Waals surface area contributed by atoms with E-state index in [1.807, 2.05) is 91.0 Å². The molecule has 2 aromatic heterocycles. The molecule has 0 aliphatic heterocycles. The second-order valence-corrected chi connectivity index (χ2v) is 7.95. The molecule has 8 heteroatoms. The zero-order valence-electron chi connectivity index (χ0n) is 16.6. The number of benzene rings is 3. The summed E-state index contributed by atoms with van der Waals surface area (Å²) in [7, 11) is 0. The summed E-state index contributed by atoms with van der Waals surface area (Å²) in [6, 6.07) is 29.2. The van der Waals surface area contributed by atoms with E-state index in [4.69, 9.17) is 11.6 Å². The fourth-order valence-electron chi connectivity index (χ4n) is 3.01. The summed E-state index contributed by atoms with van der Waals surface area (Å²) in [5, 5.41) is 0.994. The Bertz CT molecular complexity index is 1290. The molecule has 0 radical (unpaired) electrons. The van der Waals surface area contributed by atoms with Crippen LogP contribution in [0.3, 0.4) is 0 Å². The molecule has 0 aliphatic rings. The number of aromatic nitrogens is 6. The molecule has 0 spiro atoms. The third-order valence-corrected chi connectivity index (χ3v) is 5.38. The summed E-state index contributed by atoms with van der Waals surface area (Å²) < 4.78 is 0. The van der Waals surface area contributed by atoms with E-state index >= 15 is 0 Å². The van der Waals surface area contributed by atoms with Crippen LogP contribution in [0.5, 0.6) is 0 Å². The summed E-state index contributed by atoms with van der Waals surface area (Å²) in [6.07, 6.45) is 0. The van der Waals surface area contributed by atoms with Crippen molar-refractivity contribution in [3.05, 3.63) is 96.3 Å². The maximum Gasteiger partial charge on any atom is 0.226 e. The first kappa shape index (κ1) is 20.2. The summed E-state index contributed by atoms with van der Waals surface area (Å²) in [4.78, 5) is 27.1. The Labute approximate surface area is 193 Å². The lowest BCUT2D eigenvalue weighted by Gasteiger charge is -2.08. The highest BCUT2D eigenvalue weighted by Gasteiger charge is 2.14. The molecule has 0 aliphatic carbocycles. The monoisotopic (exact) mass is 454 g/mol. The van der Waals surface area contributed by atoms with E-state index in [9.17, 15) is 0 Å². The van der Waals surface area contributed by atoms with Gasteiger partial charge in [0.25, 0.3) is 0 Å². The van der Waals surface area contributed by atoms with Crippen LogP contribution in [0, 0.1) is 0 Å². The molecule has 32 heavy (non-hydrogen) atoms. The van der Waals surface area contributed by atoms with Gasteiger partial charge < -0.3 is 0 Å². The lowest BCUT2D eigenvalue weighted by atomic mass is 10.2. The Morgan fingerprint density at radius 3 is 1.25 bits per heavy atom. The lowest BCUT2D eigenvalue weighted by molar-refractivity contribution is 0.883. The average Bonchev–Trinajstić information content (AvgIpc) is 2.85. The zero-order chi connectivity index (χ0) is 21.8. The smallest absolute Gasteiger partial charge is 0.208 e. The summed E-state index contributed by atoms with van der Waals surface area (Å²) in [5.74, 6) is 1.64. The van der Waals surface area contributed by atoms with Crippen LogP contribution < -0.4 is 0 Å². The first-order valence-electron chi connectivity index (χ1n) is 9.76. The first-order valence-corrected chi connectivity index (χ1v) is 11.0. The van der Waals surface area contributed by atoms with Crippen LogP contribution >= 0.6 is 23.4 Å². The van der Waals surface area contributed by atoms with Gasteiger partial charge in [0.2, 0.25) is 5.28 Å². The number of rotatable bonds is 5. The van der Waals surface area contributed by atoms with Crippen molar-refractivity contribution >= 4 is 23.4 Å². The Morgan fingerprint density at radius 1 is 0.438 bits per heavy atom. The van der Waals surface area contributed by atoms with E-state index in [2.05, 4.69) is 29.9 Å². The molecule has 154 valence electrons. The van der Waals surface area contributed by atoms with Gasteiger partial charge in [0.05, 0.1) is 0 Å². The van der Waals surface area contributed by atoms with Crippen LogP contribution in [-0.4, -0.2) is 29.9 Å². The molecule has 0 bridgehead atoms. The predicted molar refractivity (Wildman–Crippen MR) is 125 cm³/mol. The molecule has 0 saturated carbocycles. The van der Waals surface area contributed by atoms with Crippen LogP contribution in [0.15, 0.2) is 101 Å². The van der Waals surface area contributed by atoms with Gasteiger partial charge in [0.15, 0.2) is 27.8 Å². The minimum atomic E-state index is 0.113. The highest BCUT2D eigenvalue weighted by Crippen LogP contribution is 2.28. The van der Waals surface area contributed by atoms with E-state index in [1.165, 1.54) is 11.8 Å². The van der Waals surface area contributed by atoms with Gasteiger partial charge in [-0.1, -0.05) is 91.0 Å². The van der Waals surface area contributed by atoms with Gasteiger partial charge in [-0.2, -0.15) is 9.97 Å².